The largest absolute Gasteiger partial charge is 0.385 e. The van der Waals surface area contributed by atoms with E-state index in [-0.39, 0.29) is 11.5 Å². The monoisotopic (exact) mass is 294 g/mol. The van der Waals surface area contributed by atoms with Gasteiger partial charge in [-0.15, -0.1) is 0 Å². The number of aryl methyl sites for hydroxylation is 1. The molecule has 2 saturated heterocycles. The number of rotatable bonds is 2. The molecule has 0 amide bonds. The third-order valence-corrected chi connectivity index (χ3v) is 5.43. The summed E-state index contributed by atoms with van der Waals surface area (Å²) in [5.41, 5.74) is 1.02. The Morgan fingerprint density at radius 2 is 2.05 bits per heavy atom. The molecule has 2 fully saturated rings. The van der Waals surface area contributed by atoms with E-state index in [1.54, 1.807) is 12.4 Å². The molecular formula is C15H22N2O2S. The number of hydrogen-bond acceptors (Lipinski definition) is 5. The highest BCUT2D eigenvalue weighted by atomic mass is 32.2. The molecule has 1 aromatic heterocycles. The summed E-state index contributed by atoms with van der Waals surface area (Å²) in [6, 6.07) is 0. The van der Waals surface area contributed by atoms with Gasteiger partial charge >= 0.3 is 0 Å². The van der Waals surface area contributed by atoms with E-state index in [2.05, 4.69) is 9.97 Å². The molecule has 1 spiro atoms. The van der Waals surface area contributed by atoms with Crippen molar-refractivity contribution in [2.24, 2.45) is 5.92 Å². The Balaban J connectivity index is 1.71. The van der Waals surface area contributed by atoms with Crippen LogP contribution in [0.2, 0.25) is 0 Å². The maximum absolute atomic E-state index is 10.6. The number of nitrogens with zero attached hydrogens (tertiary/aromatic N) is 2. The number of aliphatic hydroxyl groups is 1. The fourth-order valence-corrected chi connectivity index (χ4v) is 4.43. The van der Waals surface area contributed by atoms with Gasteiger partial charge in [0.25, 0.3) is 0 Å². The minimum Gasteiger partial charge on any atom is -0.385 e. The zero-order chi connectivity index (χ0) is 14.0. The molecule has 0 aliphatic carbocycles. The van der Waals surface area contributed by atoms with Gasteiger partial charge in [-0.3, -0.25) is 0 Å². The van der Waals surface area contributed by atoms with E-state index < -0.39 is 6.10 Å². The van der Waals surface area contributed by atoms with Crippen molar-refractivity contribution in [2.45, 2.75) is 44.3 Å². The molecule has 2 aliphatic rings. The molecule has 3 heterocycles. The molecule has 5 heteroatoms. The van der Waals surface area contributed by atoms with Crippen molar-refractivity contribution in [3.05, 3.63) is 23.8 Å². The van der Waals surface area contributed by atoms with E-state index in [0.717, 1.165) is 37.9 Å². The lowest BCUT2D eigenvalue weighted by molar-refractivity contribution is -0.122. The zero-order valence-corrected chi connectivity index (χ0v) is 12.7. The molecule has 3 rings (SSSR count). The maximum Gasteiger partial charge on any atom is 0.157 e. The van der Waals surface area contributed by atoms with Gasteiger partial charge in [-0.1, -0.05) is 0 Å². The normalized spacial score (nSPS) is 27.4. The Labute approximate surface area is 124 Å². The van der Waals surface area contributed by atoms with E-state index in [9.17, 15) is 5.11 Å². The van der Waals surface area contributed by atoms with E-state index in [4.69, 9.17) is 4.74 Å². The standard InChI is InChI=1S/C15H22N2O2S/c1-11-9-16-14(17-10-11)13(18)12-2-5-19-15(8-12)3-6-20-7-4-15/h9-10,12-13,18H,2-8H2,1H3. The topological polar surface area (TPSA) is 55.2 Å². The second-order valence-electron chi connectivity index (χ2n) is 5.96. The summed E-state index contributed by atoms with van der Waals surface area (Å²) in [6.45, 7) is 2.71. The first-order chi connectivity index (χ1) is 9.69. The van der Waals surface area contributed by atoms with Gasteiger partial charge in [-0.2, -0.15) is 11.8 Å². The first kappa shape index (κ1) is 14.3. The highest BCUT2D eigenvalue weighted by Crippen LogP contribution is 2.42. The molecule has 0 radical (unpaired) electrons. The molecule has 2 unspecified atom stereocenters. The Morgan fingerprint density at radius 3 is 2.75 bits per heavy atom. The molecule has 20 heavy (non-hydrogen) atoms. The van der Waals surface area contributed by atoms with Crippen molar-refractivity contribution < 1.29 is 9.84 Å². The molecule has 0 saturated carbocycles. The second kappa shape index (κ2) is 6.00. The minimum atomic E-state index is -0.564. The summed E-state index contributed by atoms with van der Waals surface area (Å²) in [4.78, 5) is 8.56. The summed E-state index contributed by atoms with van der Waals surface area (Å²) in [6.07, 6.45) is 7.03. The highest BCUT2D eigenvalue weighted by Gasteiger charge is 2.41. The van der Waals surface area contributed by atoms with Crippen LogP contribution in [0.5, 0.6) is 0 Å². The zero-order valence-electron chi connectivity index (χ0n) is 11.9. The Morgan fingerprint density at radius 1 is 1.35 bits per heavy atom. The first-order valence-electron chi connectivity index (χ1n) is 7.37. The van der Waals surface area contributed by atoms with Gasteiger partial charge in [0.1, 0.15) is 6.10 Å². The quantitative estimate of drug-likeness (QED) is 0.908. The fourth-order valence-electron chi connectivity index (χ4n) is 3.19. The second-order valence-corrected chi connectivity index (χ2v) is 7.18. The minimum absolute atomic E-state index is 0.000155. The Bertz CT molecular complexity index is 440. The van der Waals surface area contributed by atoms with Crippen LogP contribution in [-0.4, -0.2) is 38.8 Å². The number of aliphatic hydroxyl groups excluding tert-OH is 1. The van der Waals surface area contributed by atoms with Crippen molar-refractivity contribution in [1.29, 1.82) is 0 Å². The lowest BCUT2D eigenvalue weighted by Gasteiger charge is -2.44. The maximum atomic E-state index is 10.6. The predicted octanol–water partition coefficient (Wildman–Crippen LogP) is 2.51. The number of hydrogen-bond donors (Lipinski definition) is 1. The number of ether oxygens (including phenoxy) is 1. The predicted molar refractivity (Wildman–Crippen MR) is 79.7 cm³/mol. The summed E-state index contributed by atoms with van der Waals surface area (Å²) in [5, 5.41) is 10.6. The van der Waals surface area contributed by atoms with Crippen molar-refractivity contribution in [1.82, 2.24) is 9.97 Å². The van der Waals surface area contributed by atoms with Gasteiger partial charge < -0.3 is 9.84 Å². The van der Waals surface area contributed by atoms with Gasteiger partial charge in [0, 0.05) is 19.0 Å². The van der Waals surface area contributed by atoms with Crippen LogP contribution in [0.15, 0.2) is 12.4 Å². The van der Waals surface area contributed by atoms with Crippen LogP contribution in [0.4, 0.5) is 0 Å². The molecule has 1 aromatic rings. The van der Waals surface area contributed by atoms with Gasteiger partial charge in [-0.05, 0) is 55.6 Å². The van der Waals surface area contributed by atoms with Gasteiger partial charge in [0.05, 0.1) is 5.60 Å². The summed E-state index contributed by atoms with van der Waals surface area (Å²) >= 11 is 2.00. The Hall–Kier alpha value is -0.650. The Kier molecular flexibility index (Phi) is 4.29. The molecule has 2 aliphatic heterocycles. The van der Waals surface area contributed by atoms with Crippen LogP contribution in [0.1, 0.15) is 43.2 Å². The third-order valence-electron chi connectivity index (χ3n) is 4.45. The van der Waals surface area contributed by atoms with E-state index >= 15 is 0 Å². The van der Waals surface area contributed by atoms with Crippen LogP contribution in [0, 0.1) is 12.8 Å². The van der Waals surface area contributed by atoms with Crippen molar-refractivity contribution in [2.75, 3.05) is 18.1 Å². The van der Waals surface area contributed by atoms with Gasteiger partial charge in [0.15, 0.2) is 5.82 Å². The fraction of sp³-hybridized carbons (Fsp3) is 0.733. The molecule has 2 atom stereocenters. The lowest BCUT2D eigenvalue weighted by Crippen LogP contribution is -2.44. The van der Waals surface area contributed by atoms with E-state index in [0.29, 0.717) is 5.82 Å². The average Bonchev–Trinajstić information content (AvgIpc) is 2.48. The van der Waals surface area contributed by atoms with Gasteiger partial charge in [0.2, 0.25) is 0 Å². The SMILES string of the molecule is Cc1cnc(C(O)C2CCOC3(CCSCC3)C2)nc1. The van der Waals surface area contributed by atoms with Crippen molar-refractivity contribution in [3.63, 3.8) is 0 Å². The third kappa shape index (κ3) is 3.00. The molecular weight excluding hydrogens is 272 g/mol. The summed E-state index contributed by atoms with van der Waals surface area (Å²) in [7, 11) is 0. The molecule has 110 valence electrons. The van der Waals surface area contributed by atoms with Crippen LogP contribution >= 0.6 is 11.8 Å². The van der Waals surface area contributed by atoms with Crippen LogP contribution in [0.3, 0.4) is 0 Å². The van der Waals surface area contributed by atoms with Crippen molar-refractivity contribution in [3.8, 4) is 0 Å². The average molecular weight is 294 g/mol. The van der Waals surface area contributed by atoms with E-state index in [1.807, 2.05) is 18.7 Å². The first-order valence-corrected chi connectivity index (χ1v) is 8.52. The van der Waals surface area contributed by atoms with Crippen LogP contribution in [-0.2, 0) is 4.74 Å². The van der Waals surface area contributed by atoms with Gasteiger partial charge in [-0.25, -0.2) is 9.97 Å². The van der Waals surface area contributed by atoms with E-state index in [1.165, 1.54) is 11.5 Å². The summed E-state index contributed by atoms with van der Waals surface area (Å²) in [5.74, 6) is 3.12. The van der Waals surface area contributed by atoms with Crippen molar-refractivity contribution >= 4 is 11.8 Å². The highest BCUT2D eigenvalue weighted by molar-refractivity contribution is 7.99. The molecule has 4 nitrogen and oxygen atoms in total. The van der Waals surface area contributed by atoms with Crippen LogP contribution in [0.25, 0.3) is 0 Å². The van der Waals surface area contributed by atoms with Crippen LogP contribution < -0.4 is 0 Å². The smallest absolute Gasteiger partial charge is 0.157 e. The molecule has 1 N–H and O–H groups in total. The number of aromatic nitrogens is 2. The lowest BCUT2D eigenvalue weighted by atomic mass is 9.79. The molecule has 0 aromatic carbocycles. The molecule has 0 bridgehead atoms. The number of thioether (sulfide) groups is 1. The summed E-state index contributed by atoms with van der Waals surface area (Å²) < 4.78 is 6.08.